The third-order valence-corrected chi connectivity index (χ3v) is 3.47. The Hall–Kier alpha value is -1.37. The van der Waals surface area contributed by atoms with Gasteiger partial charge in [-0.3, -0.25) is 0 Å². The molecule has 0 bridgehead atoms. The van der Waals surface area contributed by atoms with Crippen molar-refractivity contribution < 1.29 is 4.39 Å². The molecule has 0 spiro atoms. The van der Waals surface area contributed by atoms with Crippen molar-refractivity contribution in [1.82, 2.24) is 9.36 Å². The summed E-state index contributed by atoms with van der Waals surface area (Å²) in [5.41, 5.74) is 11.9. The summed E-state index contributed by atoms with van der Waals surface area (Å²) >= 11 is 1.26. The van der Waals surface area contributed by atoms with Gasteiger partial charge in [0.2, 0.25) is 0 Å². The molecule has 0 saturated heterocycles. The summed E-state index contributed by atoms with van der Waals surface area (Å²) in [5, 5.41) is 0.756. The van der Waals surface area contributed by atoms with Gasteiger partial charge in [-0.2, -0.15) is 4.37 Å². The highest BCUT2D eigenvalue weighted by Crippen LogP contribution is 2.18. The van der Waals surface area contributed by atoms with E-state index in [-0.39, 0.29) is 11.9 Å². The zero-order valence-corrected chi connectivity index (χ0v) is 10.7. The first-order valence-electron chi connectivity index (χ1n) is 5.72. The lowest BCUT2D eigenvalue weighted by molar-refractivity contribution is 0.612. The van der Waals surface area contributed by atoms with Gasteiger partial charge in [0.15, 0.2) is 0 Å². The van der Waals surface area contributed by atoms with Crippen molar-refractivity contribution in [2.45, 2.75) is 18.9 Å². The Morgan fingerprint density at radius 2 is 2.11 bits per heavy atom. The van der Waals surface area contributed by atoms with Gasteiger partial charge in [0, 0.05) is 6.42 Å². The molecule has 1 atom stereocenters. The number of nitrogens with zero attached hydrogens (tertiary/aromatic N) is 2. The van der Waals surface area contributed by atoms with Crippen LogP contribution in [0.25, 0.3) is 0 Å². The Bertz CT molecular complexity index is 514. The van der Waals surface area contributed by atoms with E-state index < -0.39 is 0 Å². The van der Waals surface area contributed by atoms with E-state index in [4.69, 9.17) is 11.5 Å². The van der Waals surface area contributed by atoms with Crippen LogP contribution in [0.2, 0.25) is 0 Å². The highest BCUT2D eigenvalue weighted by molar-refractivity contribution is 7.05. The van der Waals surface area contributed by atoms with Crippen molar-refractivity contribution in [3.05, 3.63) is 46.5 Å². The Labute approximate surface area is 109 Å². The van der Waals surface area contributed by atoms with Gasteiger partial charge in [-0.1, -0.05) is 18.2 Å². The van der Waals surface area contributed by atoms with Crippen LogP contribution in [0.3, 0.4) is 0 Å². The van der Waals surface area contributed by atoms with Crippen LogP contribution < -0.4 is 11.5 Å². The second kappa shape index (κ2) is 5.99. The third kappa shape index (κ3) is 3.10. The largest absolute Gasteiger partial charge is 0.330 e. The van der Waals surface area contributed by atoms with Gasteiger partial charge in [-0.15, -0.1) is 0 Å². The van der Waals surface area contributed by atoms with Crippen LogP contribution >= 0.6 is 11.5 Å². The summed E-state index contributed by atoms with van der Waals surface area (Å²) in [7, 11) is 0. The quantitative estimate of drug-likeness (QED) is 0.862. The fourth-order valence-corrected chi connectivity index (χ4v) is 2.31. The minimum Gasteiger partial charge on any atom is -0.330 e. The lowest BCUT2D eigenvalue weighted by atomic mass is 10.1. The van der Waals surface area contributed by atoms with E-state index in [1.807, 2.05) is 0 Å². The fourth-order valence-electron chi connectivity index (χ4n) is 1.61. The summed E-state index contributed by atoms with van der Waals surface area (Å²) in [6, 6.07) is 6.45. The summed E-state index contributed by atoms with van der Waals surface area (Å²) in [6.07, 6.45) is 1.06. The number of halogens is 1. The number of hydrogen-bond acceptors (Lipinski definition) is 5. The summed E-state index contributed by atoms with van der Waals surface area (Å²) in [6.45, 7) is 0.517. The van der Waals surface area contributed by atoms with Crippen LogP contribution in [-0.2, 0) is 6.42 Å². The van der Waals surface area contributed by atoms with E-state index in [1.54, 1.807) is 18.2 Å². The Morgan fingerprint density at radius 1 is 1.33 bits per heavy atom. The molecule has 1 aromatic carbocycles. The minimum atomic E-state index is -0.236. The summed E-state index contributed by atoms with van der Waals surface area (Å²) < 4.78 is 17.7. The second-order valence-electron chi connectivity index (χ2n) is 4.00. The van der Waals surface area contributed by atoms with Crippen molar-refractivity contribution in [1.29, 1.82) is 0 Å². The highest BCUT2D eigenvalue weighted by atomic mass is 32.1. The molecule has 0 aliphatic carbocycles. The SMILES string of the molecule is NCCC(N)c1nc(Cc2ccccc2F)ns1. The van der Waals surface area contributed by atoms with Gasteiger partial charge in [-0.25, -0.2) is 9.37 Å². The molecule has 1 aromatic heterocycles. The molecule has 96 valence electrons. The van der Waals surface area contributed by atoms with Crippen LogP contribution in [0.15, 0.2) is 24.3 Å². The maximum atomic E-state index is 13.5. The van der Waals surface area contributed by atoms with Gasteiger partial charge in [-0.05, 0) is 36.1 Å². The average molecular weight is 266 g/mol. The maximum absolute atomic E-state index is 13.5. The van der Waals surface area contributed by atoms with Crippen LogP contribution in [0, 0.1) is 5.82 Å². The molecule has 1 unspecified atom stereocenters. The Morgan fingerprint density at radius 3 is 2.83 bits per heavy atom. The molecule has 1 heterocycles. The highest BCUT2D eigenvalue weighted by Gasteiger charge is 2.12. The minimum absolute atomic E-state index is 0.179. The van der Waals surface area contributed by atoms with Gasteiger partial charge in [0.1, 0.15) is 16.6 Å². The molecule has 0 aliphatic rings. The zero-order chi connectivity index (χ0) is 13.0. The van der Waals surface area contributed by atoms with Crippen molar-refractivity contribution in [2.24, 2.45) is 11.5 Å². The molecular formula is C12H15FN4S. The molecule has 18 heavy (non-hydrogen) atoms. The second-order valence-corrected chi connectivity index (χ2v) is 4.78. The van der Waals surface area contributed by atoms with Crippen LogP contribution in [0.5, 0.6) is 0 Å². The molecule has 2 aromatic rings. The van der Waals surface area contributed by atoms with Gasteiger partial charge >= 0.3 is 0 Å². The number of hydrogen-bond donors (Lipinski definition) is 2. The van der Waals surface area contributed by atoms with Crippen LogP contribution in [-0.4, -0.2) is 15.9 Å². The van der Waals surface area contributed by atoms with E-state index in [0.717, 1.165) is 5.01 Å². The number of rotatable bonds is 5. The van der Waals surface area contributed by atoms with Gasteiger partial charge in [0.25, 0.3) is 0 Å². The van der Waals surface area contributed by atoms with Crippen molar-refractivity contribution in [3.63, 3.8) is 0 Å². The van der Waals surface area contributed by atoms with Crippen LogP contribution in [0.4, 0.5) is 4.39 Å². The summed E-state index contributed by atoms with van der Waals surface area (Å²) in [5.74, 6) is 0.368. The Kier molecular flexibility index (Phi) is 4.35. The number of nitrogens with two attached hydrogens (primary N) is 2. The number of aromatic nitrogens is 2. The molecule has 0 fully saturated rings. The average Bonchev–Trinajstić information content (AvgIpc) is 2.81. The maximum Gasteiger partial charge on any atom is 0.147 e. The predicted molar refractivity (Wildman–Crippen MR) is 69.7 cm³/mol. The Balaban J connectivity index is 2.09. The van der Waals surface area contributed by atoms with E-state index >= 15 is 0 Å². The van der Waals surface area contributed by atoms with Crippen molar-refractivity contribution >= 4 is 11.5 Å². The van der Waals surface area contributed by atoms with E-state index in [9.17, 15) is 4.39 Å². The zero-order valence-electron chi connectivity index (χ0n) is 9.84. The fraction of sp³-hybridized carbons (Fsp3) is 0.333. The van der Waals surface area contributed by atoms with Crippen LogP contribution in [0.1, 0.15) is 28.9 Å². The molecule has 0 radical (unpaired) electrons. The molecule has 2 rings (SSSR count). The molecule has 4 N–H and O–H groups in total. The van der Waals surface area contributed by atoms with Gasteiger partial charge in [0.05, 0.1) is 6.04 Å². The first kappa shape index (κ1) is 13.1. The van der Waals surface area contributed by atoms with Crippen molar-refractivity contribution in [3.8, 4) is 0 Å². The van der Waals surface area contributed by atoms with E-state index in [0.29, 0.717) is 30.8 Å². The van der Waals surface area contributed by atoms with E-state index in [1.165, 1.54) is 17.6 Å². The molecular weight excluding hydrogens is 251 g/mol. The molecule has 6 heteroatoms. The molecule has 0 saturated carbocycles. The smallest absolute Gasteiger partial charge is 0.147 e. The van der Waals surface area contributed by atoms with Crippen molar-refractivity contribution in [2.75, 3.05) is 6.54 Å². The summed E-state index contributed by atoms with van der Waals surface area (Å²) in [4.78, 5) is 4.33. The number of benzene rings is 1. The molecule has 0 amide bonds. The van der Waals surface area contributed by atoms with E-state index in [2.05, 4.69) is 9.36 Å². The lowest BCUT2D eigenvalue weighted by Gasteiger charge is -2.04. The topological polar surface area (TPSA) is 77.8 Å². The normalized spacial score (nSPS) is 12.6. The standard InChI is InChI=1S/C12H15FN4S/c13-9-4-2-1-3-8(9)7-11-16-12(18-17-11)10(15)5-6-14/h1-4,10H,5-7,14-15H2. The lowest BCUT2D eigenvalue weighted by Crippen LogP contribution is -2.15. The first-order valence-corrected chi connectivity index (χ1v) is 6.49. The monoisotopic (exact) mass is 266 g/mol. The first-order chi connectivity index (χ1) is 8.70. The predicted octanol–water partition coefficient (Wildman–Crippen LogP) is 1.62. The molecule has 0 aliphatic heterocycles. The molecule has 4 nitrogen and oxygen atoms in total. The van der Waals surface area contributed by atoms with Gasteiger partial charge < -0.3 is 11.5 Å². The third-order valence-electron chi connectivity index (χ3n) is 2.59.